The Balaban J connectivity index is 2.44. The zero-order valence-corrected chi connectivity index (χ0v) is 7.98. The van der Waals surface area contributed by atoms with Crippen LogP contribution in [0.5, 0.6) is 0 Å². The van der Waals surface area contributed by atoms with E-state index in [1.54, 1.807) is 0 Å². The Morgan fingerprint density at radius 3 is 2.38 bits per heavy atom. The molecule has 0 spiro atoms. The Hall–Kier alpha value is -0.780. The van der Waals surface area contributed by atoms with Gasteiger partial charge in [-0.1, -0.05) is 0 Å². The molecular weight excluding hydrogens is 168 g/mol. The lowest BCUT2D eigenvalue weighted by molar-refractivity contribution is 0.178. The Labute approximate surface area is 78.6 Å². The molecule has 0 saturated carbocycles. The van der Waals surface area contributed by atoms with Gasteiger partial charge in [-0.3, -0.25) is 0 Å². The summed E-state index contributed by atoms with van der Waals surface area (Å²) >= 11 is 0. The molecule has 0 aromatic rings. The van der Waals surface area contributed by atoms with Crippen LogP contribution in [0.3, 0.4) is 0 Å². The van der Waals surface area contributed by atoms with E-state index in [-0.39, 0.29) is 0 Å². The van der Waals surface area contributed by atoms with Crippen LogP contribution in [0.4, 0.5) is 0 Å². The summed E-state index contributed by atoms with van der Waals surface area (Å²) in [5.41, 5.74) is 10.9. The molecule has 1 fully saturated rings. The normalized spacial score (nSPS) is 23.3. The Morgan fingerprint density at radius 1 is 1.38 bits per heavy atom. The average Bonchev–Trinajstić information content (AvgIpc) is 2.04. The van der Waals surface area contributed by atoms with Gasteiger partial charge >= 0.3 is 0 Å². The summed E-state index contributed by atoms with van der Waals surface area (Å²) in [6, 6.07) is 0. The van der Waals surface area contributed by atoms with Gasteiger partial charge in [-0.15, -0.1) is 0 Å². The van der Waals surface area contributed by atoms with Crippen molar-refractivity contribution >= 4 is 0 Å². The largest absolute Gasteiger partial charge is 0.386 e. The lowest BCUT2D eigenvalue weighted by Gasteiger charge is -2.34. The average molecular weight is 186 g/mol. The zero-order chi connectivity index (χ0) is 9.84. The highest BCUT2D eigenvalue weighted by Gasteiger charge is 2.14. The Morgan fingerprint density at radius 2 is 1.92 bits per heavy atom. The fourth-order valence-electron chi connectivity index (χ4n) is 1.35. The quantitative estimate of drug-likeness (QED) is 0.449. The zero-order valence-electron chi connectivity index (χ0n) is 7.98. The first-order valence-electron chi connectivity index (χ1n) is 4.44. The van der Waals surface area contributed by atoms with Crippen molar-refractivity contribution in [2.75, 3.05) is 33.2 Å². The van der Waals surface area contributed by atoms with Gasteiger partial charge in [0.25, 0.3) is 0 Å². The summed E-state index contributed by atoms with van der Waals surface area (Å²) in [4.78, 5) is 4.26. The van der Waals surface area contributed by atoms with E-state index in [9.17, 15) is 0 Å². The van der Waals surface area contributed by atoms with E-state index in [0.717, 1.165) is 26.2 Å². The second-order valence-electron chi connectivity index (χ2n) is 3.37. The van der Waals surface area contributed by atoms with Gasteiger partial charge in [-0.2, -0.15) is 0 Å². The highest BCUT2D eigenvalue weighted by molar-refractivity contribution is 4.99. The standard InChI is InChI=1S/C8H18N4O/c1-11-2-4-12(5-3-11)7(9)6-8(10)13/h6,8,13H,2-5,9-10H2,1H3/b7-6+/t8-/m0/s1. The van der Waals surface area contributed by atoms with Crippen molar-refractivity contribution in [3.8, 4) is 0 Å². The SMILES string of the molecule is CN1CCN(/C(N)=C/[C@@H](N)O)CC1. The minimum Gasteiger partial charge on any atom is -0.386 e. The predicted octanol–water partition coefficient (Wildman–Crippen LogP) is -1.69. The predicted molar refractivity (Wildman–Crippen MR) is 51.5 cm³/mol. The van der Waals surface area contributed by atoms with Crippen LogP contribution in [0.1, 0.15) is 0 Å². The van der Waals surface area contributed by atoms with Crippen molar-refractivity contribution in [3.63, 3.8) is 0 Å². The van der Waals surface area contributed by atoms with Gasteiger partial charge in [-0.05, 0) is 13.1 Å². The van der Waals surface area contributed by atoms with Crippen molar-refractivity contribution < 1.29 is 5.11 Å². The van der Waals surface area contributed by atoms with Crippen LogP contribution in [0.2, 0.25) is 0 Å². The van der Waals surface area contributed by atoms with E-state index >= 15 is 0 Å². The molecule has 1 aliphatic rings. The smallest absolute Gasteiger partial charge is 0.125 e. The van der Waals surface area contributed by atoms with Crippen molar-refractivity contribution in [3.05, 3.63) is 11.9 Å². The summed E-state index contributed by atoms with van der Waals surface area (Å²) in [5, 5.41) is 8.89. The first-order chi connectivity index (χ1) is 6.09. The van der Waals surface area contributed by atoms with Crippen LogP contribution < -0.4 is 11.5 Å². The minimum atomic E-state index is -0.959. The molecule has 0 amide bonds. The maximum atomic E-state index is 8.89. The van der Waals surface area contributed by atoms with Gasteiger partial charge in [0.1, 0.15) is 6.23 Å². The highest BCUT2D eigenvalue weighted by Crippen LogP contribution is 2.03. The van der Waals surface area contributed by atoms with Crippen LogP contribution in [0, 0.1) is 0 Å². The van der Waals surface area contributed by atoms with Crippen LogP contribution in [-0.2, 0) is 0 Å². The third-order valence-electron chi connectivity index (χ3n) is 2.21. The number of nitrogens with zero attached hydrogens (tertiary/aromatic N) is 2. The van der Waals surface area contributed by atoms with Crippen molar-refractivity contribution in [1.82, 2.24) is 9.80 Å². The third-order valence-corrected chi connectivity index (χ3v) is 2.21. The highest BCUT2D eigenvalue weighted by atomic mass is 16.3. The lowest BCUT2D eigenvalue weighted by Crippen LogP contribution is -2.45. The first kappa shape index (κ1) is 10.3. The second-order valence-corrected chi connectivity index (χ2v) is 3.37. The number of hydrogen-bond acceptors (Lipinski definition) is 5. The maximum Gasteiger partial charge on any atom is 0.125 e. The van der Waals surface area contributed by atoms with E-state index in [1.165, 1.54) is 6.08 Å². The molecule has 1 heterocycles. The van der Waals surface area contributed by atoms with E-state index < -0.39 is 6.23 Å². The molecule has 0 aromatic heterocycles. The molecule has 5 heteroatoms. The fourth-order valence-corrected chi connectivity index (χ4v) is 1.35. The molecule has 0 bridgehead atoms. The number of hydrogen-bond donors (Lipinski definition) is 3. The Bertz CT molecular complexity index is 185. The maximum absolute atomic E-state index is 8.89. The molecule has 0 aliphatic carbocycles. The van der Waals surface area contributed by atoms with E-state index in [4.69, 9.17) is 16.6 Å². The summed E-state index contributed by atoms with van der Waals surface area (Å²) in [5.74, 6) is 0.572. The van der Waals surface area contributed by atoms with E-state index in [1.807, 2.05) is 4.90 Å². The monoisotopic (exact) mass is 186 g/mol. The van der Waals surface area contributed by atoms with Crippen LogP contribution in [0.25, 0.3) is 0 Å². The molecule has 1 rings (SSSR count). The van der Waals surface area contributed by atoms with Gasteiger partial charge in [0.2, 0.25) is 0 Å². The lowest BCUT2D eigenvalue weighted by atomic mass is 10.3. The number of aliphatic hydroxyl groups is 1. The molecule has 0 radical (unpaired) electrons. The summed E-state index contributed by atoms with van der Waals surface area (Å²) < 4.78 is 0. The number of nitrogens with two attached hydrogens (primary N) is 2. The van der Waals surface area contributed by atoms with Crippen LogP contribution >= 0.6 is 0 Å². The molecular formula is C8H18N4O. The number of likely N-dealkylation sites (N-methyl/N-ethyl adjacent to an activating group) is 1. The number of aliphatic hydroxyl groups excluding tert-OH is 1. The molecule has 1 saturated heterocycles. The van der Waals surface area contributed by atoms with Crippen molar-refractivity contribution in [2.24, 2.45) is 11.5 Å². The number of piperazine rings is 1. The second kappa shape index (κ2) is 4.45. The molecule has 13 heavy (non-hydrogen) atoms. The molecule has 1 atom stereocenters. The molecule has 0 aromatic carbocycles. The topological polar surface area (TPSA) is 78.8 Å². The van der Waals surface area contributed by atoms with Gasteiger partial charge < -0.3 is 26.4 Å². The van der Waals surface area contributed by atoms with E-state index in [0.29, 0.717) is 5.82 Å². The first-order valence-corrected chi connectivity index (χ1v) is 4.44. The number of rotatable bonds is 2. The Kier molecular flexibility index (Phi) is 3.53. The molecule has 0 unspecified atom stereocenters. The fraction of sp³-hybridized carbons (Fsp3) is 0.750. The van der Waals surface area contributed by atoms with Crippen LogP contribution in [0.15, 0.2) is 11.9 Å². The van der Waals surface area contributed by atoms with Gasteiger partial charge in [-0.25, -0.2) is 0 Å². The van der Waals surface area contributed by atoms with Crippen LogP contribution in [-0.4, -0.2) is 54.4 Å². The summed E-state index contributed by atoms with van der Waals surface area (Å²) in [6.45, 7) is 3.78. The van der Waals surface area contributed by atoms with Crippen molar-refractivity contribution in [1.29, 1.82) is 0 Å². The van der Waals surface area contributed by atoms with E-state index in [2.05, 4.69) is 11.9 Å². The third kappa shape index (κ3) is 3.22. The molecule has 1 aliphatic heterocycles. The summed E-state index contributed by atoms with van der Waals surface area (Å²) in [7, 11) is 2.08. The van der Waals surface area contributed by atoms with Gasteiger partial charge in [0.15, 0.2) is 0 Å². The van der Waals surface area contributed by atoms with Gasteiger partial charge in [0.05, 0.1) is 5.82 Å². The summed E-state index contributed by atoms with van der Waals surface area (Å²) in [6.07, 6.45) is 0.505. The van der Waals surface area contributed by atoms with Crippen molar-refractivity contribution in [2.45, 2.75) is 6.23 Å². The molecule has 5 nitrogen and oxygen atoms in total. The van der Waals surface area contributed by atoms with Gasteiger partial charge in [0, 0.05) is 26.2 Å². The molecule has 76 valence electrons. The molecule has 5 N–H and O–H groups in total. The minimum absolute atomic E-state index is 0.572.